The molecule has 2 heterocycles. The Bertz CT molecular complexity index is 600. The predicted molar refractivity (Wildman–Crippen MR) is 77.0 cm³/mol. The molecule has 1 atom stereocenters. The minimum atomic E-state index is -1.02. The lowest BCUT2D eigenvalue weighted by molar-refractivity contribution is -0.685. The number of aromatic nitrogens is 2. The minimum Gasteiger partial charge on any atom is -0.353 e. The van der Waals surface area contributed by atoms with Crippen LogP contribution in [0.5, 0.6) is 0 Å². The van der Waals surface area contributed by atoms with Crippen molar-refractivity contribution in [1.82, 2.24) is 4.98 Å². The summed E-state index contributed by atoms with van der Waals surface area (Å²) in [6.07, 6.45) is 3.74. The Hall–Kier alpha value is -1.94. The van der Waals surface area contributed by atoms with Gasteiger partial charge in [-0.1, -0.05) is 49.2 Å². The van der Waals surface area contributed by atoms with Crippen molar-refractivity contribution in [3.05, 3.63) is 54.4 Å². The van der Waals surface area contributed by atoms with Gasteiger partial charge in [-0.2, -0.15) is 0 Å². The number of hydrogen-bond acceptors (Lipinski definition) is 3. The number of nitrogens with zero attached hydrogens (tertiary/aromatic N) is 3. The summed E-state index contributed by atoms with van der Waals surface area (Å²) < 4.78 is 2.01. The molecule has 0 unspecified atom stereocenters. The van der Waals surface area contributed by atoms with Gasteiger partial charge >= 0.3 is 5.95 Å². The highest BCUT2D eigenvalue weighted by atomic mass is 16.3. The van der Waals surface area contributed by atoms with Crippen LogP contribution in [0, 0.1) is 5.92 Å². The molecule has 1 N–H and O–H groups in total. The largest absolute Gasteiger partial charge is 0.396 e. The van der Waals surface area contributed by atoms with Crippen molar-refractivity contribution >= 4 is 5.95 Å². The quantitative estimate of drug-likeness (QED) is 0.863. The van der Waals surface area contributed by atoms with E-state index in [2.05, 4.69) is 18.8 Å². The normalized spacial score (nSPS) is 21.3. The third-order valence-electron chi connectivity index (χ3n) is 3.66. The molecular weight excluding hydrogens is 250 g/mol. The summed E-state index contributed by atoms with van der Waals surface area (Å²) in [4.78, 5) is 6.45. The predicted octanol–water partition coefficient (Wildman–Crippen LogP) is 1.69. The summed E-state index contributed by atoms with van der Waals surface area (Å²) in [6.45, 7) is 5.57. The van der Waals surface area contributed by atoms with E-state index in [1.807, 2.05) is 52.1 Å². The van der Waals surface area contributed by atoms with Crippen LogP contribution in [0.25, 0.3) is 0 Å². The SMILES string of the molecule is CC(C)CN1c2nccc[n+]2C[C@@]1(O)c1ccccc1. The van der Waals surface area contributed by atoms with Crippen LogP contribution >= 0.6 is 0 Å². The Morgan fingerprint density at radius 1 is 1.30 bits per heavy atom. The second-order valence-corrected chi connectivity index (χ2v) is 5.73. The lowest BCUT2D eigenvalue weighted by Gasteiger charge is -2.29. The number of rotatable bonds is 3. The smallest absolute Gasteiger partial charge is 0.353 e. The molecule has 4 heteroatoms. The Labute approximate surface area is 119 Å². The standard InChI is InChI=1S/C16H20N3O/c1-13(2)11-19-15-17-9-6-10-18(15)12-16(19,20)14-7-4-3-5-8-14/h3-10,13,20H,11-12H2,1-2H3/q+1/t16-/m1/s1. The molecule has 20 heavy (non-hydrogen) atoms. The number of fused-ring (bicyclic) bond motifs is 1. The first kappa shape index (κ1) is 13.1. The molecule has 0 spiro atoms. The van der Waals surface area contributed by atoms with Gasteiger partial charge in [0.05, 0.1) is 12.7 Å². The van der Waals surface area contributed by atoms with Gasteiger partial charge in [-0.05, 0) is 5.92 Å². The van der Waals surface area contributed by atoms with Gasteiger partial charge < -0.3 is 5.11 Å². The first-order valence-corrected chi connectivity index (χ1v) is 7.01. The van der Waals surface area contributed by atoms with Gasteiger partial charge in [0.25, 0.3) is 0 Å². The van der Waals surface area contributed by atoms with Crippen molar-refractivity contribution in [2.45, 2.75) is 26.1 Å². The van der Waals surface area contributed by atoms with Gasteiger partial charge in [-0.25, -0.2) is 9.47 Å². The summed E-state index contributed by atoms with van der Waals surface area (Å²) in [6, 6.07) is 11.7. The van der Waals surface area contributed by atoms with Crippen molar-refractivity contribution in [3.63, 3.8) is 0 Å². The second kappa shape index (κ2) is 4.87. The summed E-state index contributed by atoms with van der Waals surface area (Å²) >= 11 is 0. The molecule has 0 fully saturated rings. The van der Waals surface area contributed by atoms with Crippen LogP contribution in [-0.4, -0.2) is 16.6 Å². The maximum atomic E-state index is 11.3. The molecule has 0 radical (unpaired) electrons. The van der Waals surface area contributed by atoms with Crippen molar-refractivity contribution in [3.8, 4) is 0 Å². The molecule has 0 bridgehead atoms. The summed E-state index contributed by atoms with van der Waals surface area (Å²) in [5.41, 5.74) is -0.112. The van der Waals surface area contributed by atoms with Gasteiger partial charge in [-0.3, -0.25) is 0 Å². The number of benzene rings is 1. The van der Waals surface area contributed by atoms with E-state index in [9.17, 15) is 5.11 Å². The molecule has 0 amide bonds. The highest BCUT2D eigenvalue weighted by molar-refractivity contribution is 5.38. The summed E-state index contributed by atoms with van der Waals surface area (Å²) in [7, 11) is 0. The molecule has 0 saturated heterocycles. The Morgan fingerprint density at radius 3 is 2.75 bits per heavy atom. The number of hydrogen-bond donors (Lipinski definition) is 1. The third-order valence-corrected chi connectivity index (χ3v) is 3.66. The lowest BCUT2D eigenvalue weighted by Crippen LogP contribution is -2.47. The molecule has 1 aromatic carbocycles. The molecule has 1 aliphatic rings. The van der Waals surface area contributed by atoms with Gasteiger partial charge in [0.2, 0.25) is 5.72 Å². The molecule has 4 nitrogen and oxygen atoms in total. The summed E-state index contributed by atoms with van der Waals surface area (Å²) in [5.74, 6) is 1.27. The number of aliphatic hydroxyl groups is 1. The molecule has 104 valence electrons. The highest BCUT2D eigenvalue weighted by Crippen LogP contribution is 2.34. The van der Waals surface area contributed by atoms with Crippen LogP contribution in [0.3, 0.4) is 0 Å². The first-order chi connectivity index (χ1) is 9.61. The maximum Gasteiger partial charge on any atom is 0.396 e. The van der Waals surface area contributed by atoms with Crippen LogP contribution in [0.2, 0.25) is 0 Å². The second-order valence-electron chi connectivity index (χ2n) is 5.73. The van der Waals surface area contributed by atoms with Gasteiger partial charge in [0, 0.05) is 11.6 Å². The van der Waals surface area contributed by atoms with Gasteiger partial charge in [-0.15, -0.1) is 0 Å². The Balaban J connectivity index is 2.07. The average molecular weight is 270 g/mol. The molecular formula is C16H20N3O+. The van der Waals surface area contributed by atoms with Crippen LogP contribution in [0.4, 0.5) is 5.95 Å². The van der Waals surface area contributed by atoms with Gasteiger partial charge in [0.1, 0.15) is 12.7 Å². The van der Waals surface area contributed by atoms with Crippen LogP contribution in [0.15, 0.2) is 48.8 Å². The van der Waals surface area contributed by atoms with Gasteiger partial charge in [0.15, 0.2) is 0 Å². The fraction of sp³-hybridized carbons (Fsp3) is 0.375. The van der Waals surface area contributed by atoms with E-state index >= 15 is 0 Å². The molecule has 0 aliphatic carbocycles. The minimum absolute atomic E-state index is 0.443. The zero-order chi connectivity index (χ0) is 14.2. The molecule has 1 aliphatic heterocycles. The average Bonchev–Trinajstić information content (AvgIpc) is 2.73. The van der Waals surface area contributed by atoms with Crippen molar-refractivity contribution in [2.24, 2.45) is 5.92 Å². The first-order valence-electron chi connectivity index (χ1n) is 7.01. The fourth-order valence-corrected chi connectivity index (χ4v) is 2.78. The van der Waals surface area contributed by atoms with E-state index in [1.54, 1.807) is 6.20 Å². The molecule has 2 aromatic rings. The molecule has 3 rings (SSSR count). The van der Waals surface area contributed by atoms with E-state index in [0.29, 0.717) is 12.5 Å². The topological polar surface area (TPSA) is 40.2 Å². The van der Waals surface area contributed by atoms with Crippen LogP contribution in [0.1, 0.15) is 19.4 Å². The number of anilines is 1. The van der Waals surface area contributed by atoms with E-state index in [1.165, 1.54) is 0 Å². The van der Waals surface area contributed by atoms with Crippen LogP contribution < -0.4 is 9.47 Å². The zero-order valence-corrected chi connectivity index (χ0v) is 11.9. The van der Waals surface area contributed by atoms with Crippen LogP contribution in [-0.2, 0) is 12.3 Å². The van der Waals surface area contributed by atoms with E-state index in [0.717, 1.165) is 18.1 Å². The van der Waals surface area contributed by atoms with E-state index in [-0.39, 0.29) is 0 Å². The third kappa shape index (κ3) is 2.06. The van der Waals surface area contributed by atoms with Crippen molar-refractivity contribution in [1.29, 1.82) is 0 Å². The summed E-state index contributed by atoms with van der Waals surface area (Å²) in [5, 5.41) is 11.3. The van der Waals surface area contributed by atoms with Crippen molar-refractivity contribution in [2.75, 3.05) is 11.4 Å². The Morgan fingerprint density at radius 2 is 2.05 bits per heavy atom. The lowest BCUT2D eigenvalue weighted by atomic mass is 10.0. The zero-order valence-electron chi connectivity index (χ0n) is 11.9. The fourth-order valence-electron chi connectivity index (χ4n) is 2.78. The highest BCUT2D eigenvalue weighted by Gasteiger charge is 2.51. The van der Waals surface area contributed by atoms with Crippen molar-refractivity contribution < 1.29 is 9.67 Å². The maximum absolute atomic E-state index is 11.3. The molecule has 0 saturated carbocycles. The van der Waals surface area contributed by atoms with E-state index in [4.69, 9.17) is 0 Å². The monoisotopic (exact) mass is 270 g/mol. The Kier molecular flexibility index (Phi) is 3.18. The van der Waals surface area contributed by atoms with E-state index < -0.39 is 5.72 Å². The molecule has 1 aromatic heterocycles.